The third-order valence-corrected chi connectivity index (χ3v) is 5.24. The summed E-state index contributed by atoms with van der Waals surface area (Å²) in [5.74, 6) is 0.0882. The monoisotopic (exact) mass is 416 g/mol. The van der Waals surface area contributed by atoms with Gasteiger partial charge in [-0.05, 0) is 37.5 Å². The molecule has 28 heavy (non-hydrogen) atoms. The quantitative estimate of drug-likeness (QED) is 0.816. The van der Waals surface area contributed by atoms with Gasteiger partial charge in [-0.25, -0.2) is 0 Å². The van der Waals surface area contributed by atoms with Gasteiger partial charge < -0.3 is 15.2 Å². The molecule has 2 heterocycles. The zero-order valence-electron chi connectivity index (χ0n) is 15.0. The van der Waals surface area contributed by atoms with Crippen molar-refractivity contribution in [1.29, 1.82) is 0 Å². The molecule has 0 spiro atoms. The highest BCUT2D eigenvalue weighted by Gasteiger charge is 2.37. The van der Waals surface area contributed by atoms with E-state index in [4.69, 9.17) is 10.3 Å². The highest BCUT2D eigenvalue weighted by Crippen LogP contribution is 2.38. The number of nitrogens with zero attached hydrogens (tertiary/aromatic N) is 3. The molecule has 4 rings (SSSR count). The Morgan fingerprint density at radius 1 is 1.14 bits per heavy atom. The first-order valence-electron chi connectivity index (χ1n) is 8.92. The molecule has 0 radical (unpaired) electrons. The van der Waals surface area contributed by atoms with Crippen molar-refractivity contribution in [3.8, 4) is 11.5 Å². The van der Waals surface area contributed by atoms with Crippen LogP contribution in [-0.4, -0.2) is 22.6 Å². The molecular formula is C18H20ClF3N4O2. The largest absolute Gasteiger partial charge is 0.416 e. The lowest BCUT2D eigenvalue weighted by atomic mass is 9.98. The van der Waals surface area contributed by atoms with Crippen LogP contribution in [-0.2, 0) is 16.5 Å². The zero-order valence-corrected chi connectivity index (χ0v) is 15.8. The van der Waals surface area contributed by atoms with Crippen molar-refractivity contribution in [2.45, 2.75) is 50.2 Å². The third-order valence-electron chi connectivity index (χ3n) is 5.24. The molecule has 0 atom stereocenters. The first-order valence-corrected chi connectivity index (χ1v) is 8.92. The Morgan fingerprint density at radius 3 is 2.46 bits per heavy atom. The van der Waals surface area contributed by atoms with Gasteiger partial charge in [0.15, 0.2) is 5.82 Å². The van der Waals surface area contributed by atoms with Gasteiger partial charge in [0.2, 0.25) is 5.91 Å². The fraction of sp³-hybridized carbons (Fsp3) is 0.500. The van der Waals surface area contributed by atoms with Crippen LogP contribution in [0.1, 0.15) is 49.9 Å². The van der Waals surface area contributed by atoms with Crippen molar-refractivity contribution in [2.75, 3.05) is 11.4 Å². The maximum atomic E-state index is 13.4. The van der Waals surface area contributed by atoms with Crippen LogP contribution in [0.5, 0.6) is 0 Å². The van der Waals surface area contributed by atoms with E-state index < -0.39 is 17.3 Å². The summed E-state index contributed by atoms with van der Waals surface area (Å²) < 4.78 is 45.3. The summed E-state index contributed by atoms with van der Waals surface area (Å²) in [7, 11) is 0. The van der Waals surface area contributed by atoms with Gasteiger partial charge in [0.05, 0.1) is 11.1 Å². The van der Waals surface area contributed by atoms with Crippen molar-refractivity contribution in [3.63, 3.8) is 0 Å². The summed E-state index contributed by atoms with van der Waals surface area (Å²) in [4.78, 5) is 17.6. The van der Waals surface area contributed by atoms with E-state index >= 15 is 0 Å². The van der Waals surface area contributed by atoms with Crippen LogP contribution in [0.3, 0.4) is 0 Å². The smallest absolute Gasteiger partial charge is 0.334 e. The normalized spacial score (nSPS) is 19.1. The minimum absolute atomic E-state index is 0. The number of hydrogen-bond donors (Lipinski definition) is 1. The Morgan fingerprint density at radius 2 is 1.86 bits per heavy atom. The lowest BCUT2D eigenvalue weighted by molar-refractivity contribution is -0.137. The van der Waals surface area contributed by atoms with Crippen LogP contribution in [0.25, 0.3) is 11.5 Å². The molecule has 1 aromatic heterocycles. The summed E-state index contributed by atoms with van der Waals surface area (Å²) in [5.41, 5.74) is 5.05. The van der Waals surface area contributed by atoms with E-state index in [-0.39, 0.29) is 35.5 Å². The molecule has 1 saturated heterocycles. The number of hydrogen-bond acceptors (Lipinski definition) is 5. The van der Waals surface area contributed by atoms with Gasteiger partial charge in [0.1, 0.15) is 0 Å². The van der Waals surface area contributed by atoms with E-state index in [1.54, 1.807) is 0 Å². The average molecular weight is 417 g/mol. The standard InChI is InChI=1S/C18H19F3N4O2.ClH/c19-18(20,21)12-8-11(9-13(10-12)25-7-3-4-14(25)26)15-23-16(24-27-15)17(22)5-1-2-6-17;/h8-10H,1-7,22H2;1H. The van der Waals surface area contributed by atoms with Crippen molar-refractivity contribution in [3.05, 3.63) is 29.6 Å². The van der Waals surface area contributed by atoms with Gasteiger partial charge in [-0.1, -0.05) is 18.0 Å². The summed E-state index contributed by atoms with van der Waals surface area (Å²) in [6.07, 6.45) is -0.297. The number of carbonyl (C=O) groups is 1. The Balaban J connectivity index is 0.00000225. The van der Waals surface area contributed by atoms with Crippen LogP contribution < -0.4 is 10.6 Å². The fourth-order valence-electron chi connectivity index (χ4n) is 3.75. The van der Waals surface area contributed by atoms with E-state index in [1.165, 1.54) is 11.0 Å². The second-order valence-corrected chi connectivity index (χ2v) is 7.20. The van der Waals surface area contributed by atoms with Gasteiger partial charge in [-0.15, -0.1) is 12.4 Å². The van der Waals surface area contributed by atoms with Crippen LogP contribution in [0.15, 0.2) is 22.7 Å². The second-order valence-electron chi connectivity index (χ2n) is 7.20. The Bertz CT molecular complexity index is 878. The summed E-state index contributed by atoms with van der Waals surface area (Å²) >= 11 is 0. The molecule has 6 nitrogen and oxygen atoms in total. The minimum Gasteiger partial charge on any atom is -0.334 e. The van der Waals surface area contributed by atoms with Gasteiger partial charge >= 0.3 is 6.18 Å². The van der Waals surface area contributed by atoms with Crippen molar-refractivity contribution >= 4 is 24.0 Å². The first kappa shape index (κ1) is 20.6. The molecule has 2 aromatic rings. The number of alkyl halides is 3. The molecule has 2 fully saturated rings. The Labute approximate surface area is 165 Å². The number of amides is 1. The van der Waals surface area contributed by atoms with E-state index in [0.717, 1.165) is 25.0 Å². The van der Waals surface area contributed by atoms with Gasteiger partial charge in [-0.3, -0.25) is 4.79 Å². The Kier molecular flexibility index (Phi) is 5.42. The number of benzene rings is 1. The number of aromatic nitrogens is 2. The summed E-state index contributed by atoms with van der Waals surface area (Å²) in [6, 6.07) is 3.41. The predicted molar refractivity (Wildman–Crippen MR) is 97.9 cm³/mol. The van der Waals surface area contributed by atoms with E-state index in [9.17, 15) is 18.0 Å². The molecule has 2 aliphatic rings. The number of carbonyl (C=O) groups excluding carboxylic acids is 1. The molecule has 0 unspecified atom stereocenters. The molecular weight excluding hydrogens is 397 g/mol. The fourth-order valence-corrected chi connectivity index (χ4v) is 3.75. The molecule has 0 bridgehead atoms. The number of rotatable bonds is 3. The molecule has 1 amide bonds. The van der Waals surface area contributed by atoms with Crippen LogP contribution in [0, 0.1) is 0 Å². The molecule has 2 N–H and O–H groups in total. The average Bonchev–Trinajstić information content (AvgIpc) is 3.34. The molecule has 1 saturated carbocycles. The van der Waals surface area contributed by atoms with Gasteiger partial charge in [-0.2, -0.15) is 18.2 Å². The SMILES string of the molecule is Cl.NC1(c2noc(-c3cc(N4CCCC4=O)cc(C(F)(F)F)c3)n2)CCCC1. The van der Waals surface area contributed by atoms with Crippen molar-refractivity contribution < 1.29 is 22.5 Å². The van der Waals surface area contributed by atoms with Crippen LogP contribution in [0.2, 0.25) is 0 Å². The highest BCUT2D eigenvalue weighted by atomic mass is 35.5. The maximum absolute atomic E-state index is 13.4. The van der Waals surface area contributed by atoms with Gasteiger partial charge in [0, 0.05) is 24.2 Å². The first-order chi connectivity index (χ1) is 12.8. The summed E-state index contributed by atoms with van der Waals surface area (Å²) in [6.45, 7) is 0.389. The van der Waals surface area contributed by atoms with Crippen molar-refractivity contribution in [1.82, 2.24) is 10.1 Å². The van der Waals surface area contributed by atoms with E-state index in [0.29, 0.717) is 38.1 Å². The second kappa shape index (κ2) is 7.36. The number of nitrogens with two attached hydrogens (primary N) is 1. The third kappa shape index (κ3) is 3.73. The number of anilines is 1. The lowest BCUT2D eigenvalue weighted by Crippen LogP contribution is -2.34. The minimum atomic E-state index is -4.56. The van der Waals surface area contributed by atoms with E-state index in [1.807, 2.05) is 0 Å². The molecule has 10 heteroatoms. The predicted octanol–water partition coefficient (Wildman–Crippen LogP) is 4.03. The summed E-state index contributed by atoms with van der Waals surface area (Å²) in [5, 5.41) is 3.91. The van der Waals surface area contributed by atoms with Crippen molar-refractivity contribution in [2.24, 2.45) is 5.73 Å². The van der Waals surface area contributed by atoms with Crippen LogP contribution in [0.4, 0.5) is 18.9 Å². The van der Waals surface area contributed by atoms with Crippen LogP contribution >= 0.6 is 12.4 Å². The topological polar surface area (TPSA) is 85.2 Å². The molecule has 1 aromatic carbocycles. The highest BCUT2D eigenvalue weighted by molar-refractivity contribution is 5.96. The molecule has 1 aliphatic carbocycles. The van der Waals surface area contributed by atoms with Gasteiger partial charge in [0.25, 0.3) is 5.89 Å². The van der Waals surface area contributed by atoms with E-state index in [2.05, 4.69) is 10.1 Å². The number of halogens is 4. The molecule has 152 valence electrons. The zero-order chi connectivity index (χ0) is 19.2. The Hall–Kier alpha value is -2.13. The maximum Gasteiger partial charge on any atom is 0.416 e. The lowest BCUT2D eigenvalue weighted by Gasteiger charge is -2.19. The molecule has 1 aliphatic heterocycles.